The van der Waals surface area contributed by atoms with Gasteiger partial charge in [0.15, 0.2) is 0 Å². The van der Waals surface area contributed by atoms with E-state index in [1.807, 2.05) is 91.0 Å². The SMILES string of the molecule is Cc1cccc([Si]Cc2cc3c([c-]2C)CCCC3)c1C.[CH2-]c1ccccc1.[CH2-]c1ccccc1.[CH2-]c1ccccc1.[Ti+4]. The van der Waals surface area contributed by atoms with Crippen molar-refractivity contribution in [3.8, 4) is 0 Å². The molecule has 0 amide bonds. The number of hydrogen-bond donors (Lipinski definition) is 0. The van der Waals surface area contributed by atoms with E-state index in [0.29, 0.717) is 0 Å². The van der Waals surface area contributed by atoms with Crippen molar-refractivity contribution in [1.82, 2.24) is 0 Å². The first kappa shape index (κ1) is 35.0. The maximum atomic E-state index is 3.72. The first-order valence-corrected chi connectivity index (χ1v) is 15.7. The summed E-state index contributed by atoms with van der Waals surface area (Å²) in [5, 5.41) is 1.54. The summed E-state index contributed by atoms with van der Waals surface area (Å²) in [5.41, 5.74) is 12.7. The zero-order valence-corrected chi connectivity index (χ0v) is 28.2. The Bertz CT molecular complexity index is 1330. The van der Waals surface area contributed by atoms with Gasteiger partial charge in [0.1, 0.15) is 0 Å². The van der Waals surface area contributed by atoms with Gasteiger partial charge in [-0.1, -0.05) is 80.2 Å². The number of benzene rings is 4. The average Bonchev–Trinajstić information content (AvgIpc) is 3.31. The van der Waals surface area contributed by atoms with Crippen molar-refractivity contribution in [3.05, 3.63) is 186 Å². The molecule has 0 nitrogen and oxygen atoms in total. The van der Waals surface area contributed by atoms with E-state index in [2.05, 4.69) is 65.8 Å². The molecular weight excluding hydrogens is 556 g/mol. The van der Waals surface area contributed by atoms with Crippen molar-refractivity contribution in [2.75, 3.05) is 0 Å². The summed E-state index contributed by atoms with van der Waals surface area (Å²) in [5.74, 6) is 0. The molecule has 1 aliphatic carbocycles. The van der Waals surface area contributed by atoms with Crippen molar-refractivity contribution in [2.45, 2.75) is 52.5 Å². The Balaban J connectivity index is 0.000000229. The van der Waals surface area contributed by atoms with Gasteiger partial charge in [0.2, 0.25) is 0 Å². The van der Waals surface area contributed by atoms with Gasteiger partial charge in [-0.3, -0.25) is 0 Å². The zero-order chi connectivity index (χ0) is 29.5. The minimum atomic E-state index is 0. The van der Waals surface area contributed by atoms with Crippen molar-refractivity contribution in [2.24, 2.45) is 0 Å². The summed E-state index contributed by atoms with van der Waals surface area (Å²) >= 11 is 0. The Kier molecular flexibility index (Phi) is 15.9. The predicted molar refractivity (Wildman–Crippen MR) is 181 cm³/mol. The number of fused-ring (bicyclic) bond motifs is 1. The molecule has 42 heavy (non-hydrogen) atoms. The second-order valence-corrected chi connectivity index (χ2v) is 11.8. The van der Waals surface area contributed by atoms with Gasteiger partial charge in [-0.15, -0.1) is 36.4 Å². The van der Waals surface area contributed by atoms with Gasteiger partial charge in [-0.05, 0) is 25.0 Å². The minimum Gasteiger partial charge on any atom is -0.207 e. The van der Waals surface area contributed by atoms with Crippen LogP contribution in [0.4, 0.5) is 0 Å². The van der Waals surface area contributed by atoms with Crippen LogP contribution in [0.3, 0.4) is 0 Å². The Morgan fingerprint density at radius 3 is 1.55 bits per heavy atom. The van der Waals surface area contributed by atoms with Gasteiger partial charge in [-0.2, -0.15) is 96.1 Å². The molecule has 0 aliphatic heterocycles. The van der Waals surface area contributed by atoms with E-state index in [1.54, 1.807) is 27.4 Å². The molecule has 212 valence electrons. The first-order chi connectivity index (χ1) is 19.8. The zero-order valence-electron chi connectivity index (χ0n) is 25.6. The second-order valence-electron chi connectivity index (χ2n) is 10.6. The molecule has 0 saturated heterocycles. The van der Waals surface area contributed by atoms with E-state index in [9.17, 15) is 0 Å². The van der Waals surface area contributed by atoms with Gasteiger partial charge >= 0.3 is 21.7 Å². The van der Waals surface area contributed by atoms with E-state index in [4.69, 9.17) is 0 Å². The summed E-state index contributed by atoms with van der Waals surface area (Å²) < 4.78 is 0. The monoisotopic (exact) mass is 600 g/mol. The van der Waals surface area contributed by atoms with Crippen LogP contribution in [0.25, 0.3) is 0 Å². The molecule has 0 fully saturated rings. The Labute approximate surface area is 273 Å². The fourth-order valence-electron chi connectivity index (χ4n) is 4.78. The third-order valence-electron chi connectivity index (χ3n) is 7.40. The average molecular weight is 601 g/mol. The van der Waals surface area contributed by atoms with Crippen molar-refractivity contribution in [3.63, 3.8) is 0 Å². The van der Waals surface area contributed by atoms with Crippen molar-refractivity contribution >= 4 is 14.7 Å². The molecule has 2 heteroatoms. The quantitative estimate of drug-likeness (QED) is 0.143. The topological polar surface area (TPSA) is 0 Å². The Morgan fingerprint density at radius 2 is 1.12 bits per heavy atom. The molecule has 0 unspecified atom stereocenters. The fourth-order valence-corrected chi connectivity index (χ4v) is 6.20. The third-order valence-corrected chi connectivity index (χ3v) is 8.88. The summed E-state index contributed by atoms with van der Waals surface area (Å²) in [6.07, 6.45) is 5.39. The predicted octanol–water partition coefficient (Wildman–Crippen LogP) is 9.34. The summed E-state index contributed by atoms with van der Waals surface area (Å²) in [6.45, 7) is 18.0. The maximum Gasteiger partial charge on any atom is 4.00 e. The molecule has 6 rings (SSSR count). The summed E-state index contributed by atoms with van der Waals surface area (Å²) in [6, 6.07) is 40.1. The number of hydrogen-bond acceptors (Lipinski definition) is 0. The van der Waals surface area contributed by atoms with Crippen LogP contribution in [-0.4, -0.2) is 9.52 Å². The van der Waals surface area contributed by atoms with Gasteiger partial charge in [0.05, 0.1) is 9.52 Å². The van der Waals surface area contributed by atoms with Gasteiger partial charge in [0, 0.05) is 0 Å². The van der Waals surface area contributed by atoms with E-state index < -0.39 is 0 Å². The van der Waals surface area contributed by atoms with E-state index >= 15 is 0 Å². The molecule has 0 heterocycles. The fraction of sp³-hybridized carbons (Fsp3) is 0.200. The van der Waals surface area contributed by atoms with Gasteiger partial charge < -0.3 is 0 Å². The minimum absolute atomic E-state index is 0. The summed E-state index contributed by atoms with van der Waals surface area (Å²) in [7, 11) is 0.906. The van der Waals surface area contributed by atoms with Crippen LogP contribution in [0.2, 0.25) is 0 Å². The standard InChI is InChI=1S/C19H23Si.3C7H7.Ti/c1-13-7-6-10-19(14(13)2)20-12-17-11-16-8-4-5-9-18(16)15(17)3;3*1-7-5-3-2-4-6-7;/h6-7,10-11H,4-5,8-9,12H2,1-3H3;3*2-6H,1H2;/q4*-1;+4. The first-order valence-electron chi connectivity index (χ1n) is 14.5. The summed E-state index contributed by atoms with van der Waals surface area (Å²) in [4.78, 5) is 0. The molecule has 0 aromatic heterocycles. The third kappa shape index (κ3) is 11.9. The van der Waals surface area contributed by atoms with E-state index in [0.717, 1.165) is 26.2 Å². The Morgan fingerprint density at radius 1 is 0.643 bits per heavy atom. The van der Waals surface area contributed by atoms with Crippen LogP contribution in [-0.2, 0) is 40.6 Å². The molecule has 0 spiro atoms. The van der Waals surface area contributed by atoms with Crippen LogP contribution in [0.15, 0.2) is 115 Å². The normalized spacial score (nSPS) is 11.1. The van der Waals surface area contributed by atoms with Crippen molar-refractivity contribution in [1.29, 1.82) is 0 Å². The number of rotatable bonds is 3. The van der Waals surface area contributed by atoms with E-state index in [-0.39, 0.29) is 21.7 Å². The Hall–Kier alpha value is -3.23. The molecule has 0 bridgehead atoms. The molecule has 0 saturated carbocycles. The van der Waals surface area contributed by atoms with Crippen LogP contribution in [0, 0.1) is 41.5 Å². The smallest absolute Gasteiger partial charge is 0.207 e. The van der Waals surface area contributed by atoms with Gasteiger partial charge in [-0.25, -0.2) is 6.07 Å². The molecule has 5 aromatic carbocycles. The molecular formula is C40H44SiTi. The van der Waals surface area contributed by atoms with E-state index in [1.165, 1.54) is 42.9 Å². The molecule has 0 atom stereocenters. The van der Waals surface area contributed by atoms with Crippen LogP contribution < -0.4 is 5.19 Å². The maximum absolute atomic E-state index is 3.72. The molecule has 2 radical (unpaired) electrons. The van der Waals surface area contributed by atoms with Gasteiger partial charge in [0.25, 0.3) is 0 Å². The second kappa shape index (κ2) is 19.1. The van der Waals surface area contributed by atoms with Crippen LogP contribution in [0.5, 0.6) is 0 Å². The van der Waals surface area contributed by atoms with Crippen molar-refractivity contribution < 1.29 is 21.7 Å². The molecule has 1 aliphatic rings. The molecule has 5 aromatic rings. The largest absolute Gasteiger partial charge is 4.00 e. The van der Waals surface area contributed by atoms with Crippen LogP contribution in [0.1, 0.15) is 62.9 Å². The number of aryl methyl sites for hydroxylation is 2. The molecule has 0 N–H and O–H groups in total. The van der Waals surface area contributed by atoms with Crippen LogP contribution >= 0.6 is 0 Å².